The highest BCUT2D eigenvalue weighted by Gasteiger charge is 2.31. The third kappa shape index (κ3) is 4.27. The van der Waals surface area contributed by atoms with Crippen LogP contribution in [0.25, 0.3) is 0 Å². The average Bonchev–Trinajstić information content (AvgIpc) is 2.40. The van der Waals surface area contributed by atoms with Gasteiger partial charge in [0, 0.05) is 31.4 Å². The molecule has 1 aromatic rings. The molecular formula is C15H21F3N2O. The van der Waals surface area contributed by atoms with Crippen molar-refractivity contribution in [3.8, 4) is 5.75 Å². The first kappa shape index (κ1) is 15.9. The quantitative estimate of drug-likeness (QED) is 0.850. The topological polar surface area (TPSA) is 15.7 Å². The Morgan fingerprint density at radius 1 is 1.24 bits per heavy atom. The van der Waals surface area contributed by atoms with Gasteiger partial charge in [-0.05, 0) is 51.1 Å². The van der Waals surface area contributed by atoms with Crippen LogP contribution in [0.2, 0.25) is 0 Å². The number of likely N-dealkylation sites (tertiary alicyclic amines) is 1. The van der Waals surface area contributed by atoms with Crippen molar-refractivity contribution in [2.75, 3.05) is 25.5 Å². The summed E-state index contributed by atoms with van der Waals surface area (Å²) in [5.74, 6) is -0.184. The number of nitrogens with zero attached hydrogens (tertiary/aromatic N) is 2. The van der Waals surface area contributed by atoms with E-state index in [0.29, 0.717) is 12.1 Å². The minimum absolute atomic E-state index is 0.184. The molecule has 0 radical (unpaired) electrons. The van der Waals surface area contributed by atoms with Gasteiger partial charge < -0.3 is 14.5 Å². The maximum Gasteiger partial charge on any atom is 0.573 e. The van der Waals surface area contributed by atoms with Crippen molar-refractivity contribution < 1.29 is 17.9 Å². The third-order valence-electron chi connectivity index (χ3n) is 4.21. The summed E-state index contributed by atoms with van der Waals surface area (Å²) >= 11 is 0. The largest absolute Gasteiger partial charge is 0.573 e. The number of ether oxygens (including phenoxy) is 1. The van der Waals surface area contributed by atoms with Crippen LogP contribution in [0.4, 0.5) is 18.9 Å². The molecule has 6 heteroatoms. The Labute approximate surface area is 123 Å². The molecule has 0 amide bonds. The standard InChI is InChI=1S/C15H21F3N2O/c1-11-10-13(8-9-19(11)2)20(3)12-4-6-14(7-5-12)21-15(16,17)18/h4-7,11,13H,8-10H2,1-3H3. The van der Waals surface area contributed by atoms with Crippen LogP contribution < -0.4 is 9.64 Å². The van der Waals surface area contributed by atoms with Crippen molar-refractivity contribution in [2.24, 2.45) is 0 Å². The van der Waals surface area contributed by atoms with Crippen LogP contribution in [0.5, 0.6) is 5.75 Å². The molecule has 0 saturated carbocycles. The molecule has 1 aliphatic rings. The maximum atomic E-state index is 12.1. The van der Waals surface area contributed by atoms with Crippen molar-refractivity contribution in [3.63, 3.8) is 0 Å². The second-order valence-electron chi connectivity index (χ2n) is 5.66. The molecule has 3 nitrogen and oxygen atoms in total. The van der Waals surface area contributed by atoms with Crippen molar-refractivity contribution in [2.45, 2.75) is 38.2 Å². The van der Waals surface area contributed by atoms with Crippen LogP contribution >= 0.6 is 0 Å². The summed E-state index contributed by atoms with van der Waals surface area (Å²) in [4.78, 5) is 4.46. The molecule has 2 atom stereocenters. The molecule has 0 spiro atoms. The van der Waals surface area contributed by atoms with Crippen molar-refractivity contribution in [1.29, 1.82) is 0 Å². The summed E-state index contributed by atoms with van der Waals surface area (Å²) in [6, 6.07) is 6.98. The van der Waals surface area contributed by atoms with Crippen LogP contribution in [0.1, 0.15) is 19.8 Å². The molecule has 118 valence electrons. The summed E-state index contributed by atoms with van der Waals surface area (Å²) in [5, 5.41) is 0. The zero-order chi connectivity index (χ0) is 15.6. The van der Waals surface area contributed by atoms with Gasteiger partial charge in [0.25, 0.3) is 0 Å². The van der Waals surface area contributed by atoms with E-state index in [1.165, 1.54) is 12.1 Å². The van der Waals surface area contributed by atoms with Gasteiger partial charge in [-0.2, -0.15) is 0 Å². The molecular weight excluding hydrogens is 281 g/mol. The maximum absolute atomic E-state index is 12.1. The summed E-state index contributed by atoms with van der Waals surface area (Å²) in [5.41, 5.74) is 0.909. The first-order chi connectivity index (χ1) is 9.76. The number of piperidine rings is 1. The van der Waals surface area contributed by atoms with Crippen LogP contribution in [0, 0.1) is 0 Å². The molecule has 1 saturated heterocycles. The predicted molar refractivity (Wildman–Crippen MR) is 76.6 cm³/mol. The van der Waals surface area contributed by atoms with E-state index >= 15 is 0 Å². The Morgan fingerprint density at radius 2 is 1.86 bits per heavy atom. The fourth-order valence-corrected chi connectivity index (χ4v) is 2.71. The lowest BCUT2D eigenvalue weighted by atomic mass is 9.97. The number of halogens is 3. The molecule has 21 heavy (non-hydrogen) atoms. The Kier molecular flexibility index (Phi) is 4.66. The van der Waals surface area contributed by atoms with Gasteiger partial charge in [0.05, 0.1) is 0 Å². The molecule has 2 rings (SSSR count). The van der Waals surface area contributed by atoms with Gasteiger partial charge in [-0.3, -0.25) is 0 Å². The Morgan fingerprint density at radius 3 is 2.38 bits per heavy atom. The summed E-state index contributed by atoms with van der Waals surface area (Å²) in [7, 11) is 4.10. The van der Waals surface area contributed by atoms with Gasteiger partial charge in [-0.15, -0.1) is 13.2 Å². The zero-order valence-corrected chi connectivity index (χ0v) is 12.5. The molecule has 1 fully saturated rings. The summed E-state index contributed by atoms with van der Waals surface area (Å²) in [6.07, 6.45) is -2.54. The number of anilines is 1. The van der Waals surface area contributed by atoms with Crippen LogP contribution in [0.15, 0.2) is 24.3 Å². The van der Waals surface area contributed by atoms with Gasteiger partial charge >= 0.3 is 6.36 Å². The highest BCUT2D eigenvalue weighted by Crippen LogP contribution is 2.28. The van der Waals surface area contributed by atoms with E-state index in [1.807, 2.05) is 7.05 Å². The van der Waals surface area contributed by atoms with E-state index in [9.17, 15) is 13.2 Å². The van der Waals surface area contributed by atoms with E-state index in [1.54, 1.807) is 12.1 Å². The fraction of sp³-hybridized carbons (Fsp3) is 0.600. The SMILES string of the molecule is CC1CC(N(C)c2ccc(OC(F)(F)F)cc2)CCN1C. The normalized spacial score (nSPS) is 23.9. The van der Waals surface area contributed by atoms with E-state index in [0.717, 1.165) is 25.1 Å². The summed E-state index contributed by atoms with van der Waals surface area (Å²) < 4.78 is 40.3. The number of hydrogen-bond acceptors (Lipinski definition) is 3. The highest BCUT2D eigenvalue weighted by molar-refractivity contribution is 5.49. The fourth-order valence-electron chi connectivity index (χ4n) is 2.71. The van der Waals surface area contributed by atoms with E-state index in [-0.39, 0.29) is 5.75 Å². The van der Waals surface area contributed by atoms with Crippen LogP contribution in [0.3, 0.4) is 0 Å². The van der Waals surface area contributed by atoms with E-state index < -0.39 is 6.36 Å². The monoisotopic (exact) mass is 302 g/mol. The molecule has 0 aromatic heterocycles. The van der Waals surface area contributed by atoms with Crippen LogP contribution in [-0.2, 0) is 0 Å². The molecule has 2 unspecified atom stereocenters. The lowest BCUT2D eigenvalue weighted by molar-refractivity contribution is -0.274. The van der Waals surface area contributed by atoms with Crippen molar-refractivity contribution in [3.05, 3.63) is 24.3 Å². The van der Waals surface area contributed by atoms with Crippen LogP contribution in [-0.4, -0.2) is 44.0 Å². The molecule has 0 bridgehead atoms. The van der Waals surface area contributed by atoms with E-state index in [4.69, 9.17) is 0 Å². The van der Waals surface area contributed by atoms with Gasteiger partial charge in [0.2, 0.25) is 0 Å². The van der Waals surface area contributed by atoms with Crippen molar-refractivity contribution in [1.82, 2.24) is 4.90 Å². The molecule has 0 N–H and O–H groups in total. The first-order valence-corrected chi connectivity index (χ1v) is 7.05. The summed E-state index contributed by atoms with van der Waals surface area (Å²) in [6.45, 7) is 3.23. The predicted octanol–water partition coefficient (Wildman–Crippen LogP) is 3.50. The Balaban J connectivity index is 2.01. The third-order valence-corrected chi connectivity index (χ3v) is 4.21. The molecule has 1 heterocycles. The second-order valence-corrected chi connectivity index (χ2v) is 5.66. The number of benzene rings is 1. The molecule has 0 aliphatic carbocycles. The second kappa shape index (κ2) is 6.13. The molecule has 1 aromatic carbocycles. The first-order valence-electron chi connectivity index (χ1n) is 7.05. The van der Waals surface area contributed by atoms with E-state index in [2.05, 4.69) is 28.5 Å². The van der Waals surface area contributed by atoms with Gasteiger partial charge in [0.15, 0.2) is 0 Å². The van der Waals surface area contributed by atoms with Gasteiger partial charge in [0.1, 0.15) is 5.75 Å². The minimum Gasteiger partial charge on any atom is -0.406 e. The van der Waals surface area contributed by atoms with Gasteiger partial charge in [-0.25, -0.2) is 0 Å². The smallest absolute Gasteiger partial charge is 0.406 e. The minimum atomic E-state index is -4.64. The number of alkyl halides is 3. The van der Waals surface area contributed by atoms with Gasteiger partial charge in [-0.1, -0.05) is 0 Å². The Hall–Kier alpha value is -1.43. The highest BCUT2D eigenvalue weighted by atomic mass is 19.4. The molecule has 1 aliphatic heterocycles. The number of hydrogen-bond donors (Lipinski definition) is 0. The lowest BCUT2D eigenvalue weighted by Gasteiger charge is -2.40. The Bertz CT molecular complexity index is 461. The average molecular weight is 302 g/mol. The zero-order valence-electron chi connectivity index (χ0n) is 12.5. The lowest BCUT2D eigenvalue weighted by Crippen LogP contribution is -2.46. The number of rotatable bonds is 3. The van der Waals surface area contributed by atoms with Crippen molar-refractivity contribution >= 4 is 5.69 Å².